The van der Waals surface area contributed by atoms with Gasteiger partial charge in [-0.15, -0.1) is 0 Å². The van der Waals surface area contributed by atoms with Gasteiger partial charge in [-0.05, 0) is 59.7 Å². The molecule has 0 spiro atoms. The Balaban J connectivity index is 1.51. The number of anilines is 2. The molecule has 3 rings (SSSR count). The summed E-state index contributed by atoms with van der Waals surface area (Å²) in [5.41, 5.74) is 3.78. The standard InChI is InChI=1S/C22H22N4O3/c1-29-15-17-2-6-19(7-3-17)25-21(27)18-4-8-20(9-5-18)26-22(28)24-14-16-10-12-23-13-11-16/h2-13H,14-15H2,1H3,(H,25,27)(H2,24,26,28). The van der Waals surface area contributed by atoms with Crippen LogP contribution in [-0.4, -0.2) is 24.0 Å². The number of rotatable bonds is 7. The van der Waals surface area contributed by atoms with Crippen molar-refractivity contribution < 1.29 is 14.3 Å². The van der Waals surface area contributed by atoms with Crippen molar-refractivity contribution in [3.05, 3.63) is 89.7 Å². The fourth-order valence-corrected chi connectivity index (χ4v) is 2.62. The Morgan fingerprint density at radius 2 is 1.45 bits per heavy atom. The highest BCUT2D eigenvalue weighted by Gasteiger charge is 2.07. The number of amides is 3. The minimum absolute atomic E-state index is 0.224. The van der Waals surface area contributed by atoms with Crippen molar-refractivity contribution in [1.82, 2.24) is 10.3 Å². The summed E-state index contributed by atoms with van der Waals surface area (Å²) in [5, 5.41) is 8.34. The molecule has 0 aliphatic rings. The molecule has 0 radical (unpaired) electrons. The summed E-state index contributed by atoms with van der Waals surface area (Å²) in [6.07, 6.45) is 3.35. The second-order valence-electron chi connectivity index (χ2n) is 6.32. The average Bonchev–Trinajstić information content (AvgIpc) is 2.75. The largest absolute Gasteiger partial charge is 0.380 e. The quantitative estimate of drug-likeness (QED) is 0.572. The Bertz CT molecular complexity index is 942. The number of urea groups is 1. The summed E-state index contributed by atoms with van der Waals surface area (Å²) in [7, 11) is 1.64. The van der Waals surface area contributed by atoms with E-state index in [1.165, 1.54) is 0 Å². The Hall–Kier alpha value is -3.71. The van der Waals surface area contributed by atoms with E-state index in [-0.39, 0.29) is 11.9 Å². The molecule has 3 amide bonds. The maximum Gasteiger partial charge on any atom is 0.319 e. The van der Waals surface area contributed by atoms with Crippen LogP contribution in [0.2, 0.25) is 0 Å². The van der Waals surface area contributed by atoms with E-state index in [4.69, 9.17) is 4.74 Å². The zero-order valence-corrected chi connectivity index (χ0v) is 16.0. The van der Waals surface area contributed by atoms with Crippen LogP contribution in [0.25, 0.3) is 0 Å². The molecule has 0 unspecified atom stereocenters. The summed E-state index contributed by atoms with van der Waals surface area (Å²) in [4.78, 5) is 28.3. The lowest BCUT2D eigenvalue weighted by molar-refractivity contribution is 0.102. The number of nitrogens with one attached hydrogen (secondary N) is 3. The number of aromatic nitrogens is 1. The lowest BCUT2D eigenvalue weighted by Crippen LogP contribution is -2.28. The van der Waals surface area contributed by atoms with E-state index in [1.54, 1.807) is 43.8 Å². The predicted molar refractivity (Wildman–Crippen MR) is 112 cm³/mol. The molecule has 1 heterocycles. The van der Waals surface area contributed by atoms with Gasteiger partial charge in [0, 0.05) is 43.0 Å². The van der Waals surface area contributed by atoms with Gasteiger partial charge in [-0.3, -0.25) is 9.78 Å². The second kappa shape index (κ2) is 10.0. The fraction of sp³-hybridized carbons (Fsp3) is 0.136. The Kier molecular flexibility index (Phi) is 6.91. The van der Waals surface area contributed by atoms with Crippen LogP contribution in [0.5, 0.6) is 0 Å². The van der Waals surface area contributed by atoms with Crippen molar-refractivity contribution in [1.29, 1.82) is 0 Å². The molecule has 2 aromatic carbocycles. The molecule has 3 aromatic rings. The number of hydrogen-bond acceptors (Lipinski definition) is 4. The molecule has 0 aliphatic heterocycles. The van der Waals surface area contributed by atoms with E-state index in [0.29, 0.717) is 30.1 Å². The van der Waals surface area contributed by atoms with Crippen molar-refractivity contribution >= 4 is 23.3 Å². The molecule has 1 aromatic heterocycles. The van der Waals surface area contributed by atoms with Gasteiger partial charge in [0.25, 0.3) is 5.91 Å². The highest BCUT2D eigenvalue weighted by molar-refractivity contribution is 6.04. The van der Waals surface area contributed by atoms with Crippen LogP contribution in [0, 0.1) is 0 Å². The van der Waals surface area contributed by atoms with Crippen molar-refractivity contribution in [2.45, 2.75) is 13.2 Å². The smallest absolute Gasteiger partial charge is 0.319 e. The molecule has 0 atom stereocenters. The number of carbonyl (C=O) groups is 2. The highest BCUT2D eigenvalue weighted by Crippen LogP contribution is 2.14. The third-order valence-corrected chi connectivity index (χ3v) is 4.13. The van der Waals surface area contributed by atoms with Gasteiger partial charge < -0.3 is 20.7 Å². The third-order valence-electron chi connectivity index (χ3n) is 4.13. The number of pyridine rings is 1. The first-order valence-electron chi connectivity index (χ1n) is 9.07. The van der Waals surface area contributed by atoms with Crippen molar-refractivity contribution in [3.63, 3.8) is 0 Å². The maximum absolute atomic E-state index is 12.4. The summed E-state index contributed by atoms with van der Waals surface area (Å²) in [6, 6.07) is 17.5. The summed E-state index contributed by atoms with van der Waals surface area (Å²) < 4.78 is 5.07. The van der Waals surface area contributed by atoms with E-state index in [1.807, 2.05) is 36.4 Å². The number of nitrogens with zero attached hydrogens (tertiary/aromatic N) is 1. The minimum atomic E-state index is -0.324. The molecule has 7 heteroatoms. The minimum Gasteiger partial charge on any atom is -0.380 e. The zero-order valence-electron chi connectivity index (χ0n) is 16.0. The first-order valence-corrected chi connectivity index (χ1v) is 9.07. The van der Waals surface area contributed by atoms with Gasteiger partial charge in [-0.25, -0.2) is 4.79 Å². The predicted octanol–water partition coefficient (Wildman–Crippen LogP) is 3.80. The van der Waals surface area contributed by atoms with Gasteiger partial charge in [-0.1, -0.05) is 12.1 Å². The molecule has 0 saturated carbocycles. The fourth-order valence-electron chi connectivity index (χ4n) is 2.62. The zero-order chi connectivity index (χ0) is 20.5. The maximum atomic E-state index is 12.4. The summed E-state index contributed by atoms with van der Waals surface area (Å²) in [5.74, 6) is -0.224. The average molecular weight is 390 g/mol. The molecule has 0 saturated heterocycles. The lowest BCUT2D eigenvalue weighted by Gasteiger charge is -2.09. The van der Waals surface area contributed by atoms with Gasteiger partial charge in [0.2, 0.25) is 0 Å². The number of ether oxygens (including phenoxy) is 1. The molecule has 7 nitrogen and oxygen atoms in total. The Morgan fingerprint density at radius 1 is 0.828 bits per heavy atom. The van der Waals surface area contributed by atoms with Crippen molar-refractivity contribution in [3.8, 4) is 0 Å². The molecule has 148 valence electrons. The number of carbonyl (C=O) groups excluding carboxylic acids is 2. The van der Waals surface area contributed by atoms with Gasteiger partial charge in [-0.2, -0.15) is 0 Å². The van der Waals surface area contributed by atoms with E-state index in [2.05, 4.69) is 20.9 Å². The molecule has 0 bridgehead atoms. The monoisotopic (exact) mass is 390 g/mol. The Morgan fingerprint density at radius 3 is 2.10 bits per heavy atom. The molecule has 3 N–H and O–H groups in total. The van der Waals surface area contributed by atoms with E-state index in [0.717, 1.165) is 11.1 Å². The Labute approximate surface area is 169 Å². The molecular formula is C22H22N4O3. The highest BCUT2D eigenvalue weighted by atomic mass is 16.5. The van der Waals surface area contributed by atoms with E-state index >= 15 is 0 Å². The van der Waals surface area contributed by atoms with Crippen molar-refractivity contribution in [2.24, 2.45) is 0 Å². The molecule has 0 fully saturated rings. The van der Waals surface area contributed by atoms with Gasteiger partial charge in [0.1, 0.15) is 0 Å². The summed E-state index contributed by atoms with van der Waals surface area (Å²) >= 11 is 0. The third kappa shape index (κ3) is 6.15. The first kappa shape index (κ1) is 20.0. The first-order chi connectivity index (χ1) is 14.1. The van der Waals surface area contributed by atoms with Crippen LogP contribution < -0.4 is 16.0 Å². The topological polar surface area (TPSA) is 92.4 Å². The van der Waals surface area contributed by atoms with E-state index in [9.17, 15) is 9.59 Å². The van der Waals surface area contributed by atoms with Gasteiger partial charge in [0.15, 0.2) is 0 Å². The van der Waals surface area contributed by atoms with Gasteiger partial charge in [0.05, 0.1) is 6.61 Å². The summed E-state index contributed by atoms with van der Waals surface area (Å²) in [6.45, 7) is 0.927. The number of benzene rings is 2. The molecule has 29 heavy (non-hydrogen) atoms. The SMILES string of the molecule is COCc1ccc(NC(=O)c2ccc(NC(=O)NCc3ccncc3)cc2)cc1. The molecular weight excluding hydrogens is 368 g/mol. The van der Waals surface area contributed by atoms with Crippen LogP contribution >= 0.6 is 0 Å². The lowest BCUT2D eigenvalue weighted by atomic mass is 10.1. The van der Waals surface area contributed by atoms with Crippen LogP contribution in [-0.2, 0) is 17.9 Å². The van der Waals surface area contributed by atoms with Crippen molar-refractivity contribution in [2.75, 3.05) is 17.7 Å². The second-order valence-corrected chi connectivity index (χ2v) is 6.32. The van der Waals surface area contributed by atoms with Crippen LogP contribution in [0.15, 0.2) is 73.1 Å². The van der Waals surface area contributed by atoms with Crippen LogP contribution in [0.4, 0.5) is 16.2 Å². The normalized spacial score (nSPS) is 10.2. The van der Waals surface area contributed by atoms with E-state index < -0.39 is 0 Å². The van der Waals surface area contributed by atoms with Gasteiger partial charge >= 0.3 is 6.03 Å². The number of methoxy groups -OCH3 is 1. The number of hydrogen-bond donors (Lipinski definition) is 3. The van der Waals surface area contributed by atoms with Crippen LogP contribution in [0.1, 0.15) is 21.5 Å². The molecule has 0 aliphatic carbocycles. The van der Waals surface area contributed by atoms with Crippen LogP contribution in [0.3, 0.4) is 0 Å².